The molecule has 8 nitrogen and oxygen atoms in total. The van der Waals surface area contributed by atoms with Gasteiger partial charge in [0.15, 0.2) is 0 Å². The van der Waals surface area contributed by atoms with Gasteiger partial charge in [0.2, 0.25) is 5.91 Å². The summed E-state index contributed by atoms with van der Waals surface area (Å²) in [6.07, 6.45) is -11.1. The molecule has 1 aromatic heterocycles. The van der Waals surface area contributed by atoms with Crippen molar-refractivity contribution in [3.05, 3.63) is 69.6 Å². The normalized spacial score (nSPS) is 12.6. The van der Waals surface area contributed by atoms with Gasteiger partial charge in [-0.05, 0) is 42.0 Å². The zero-order chi connectivity index (χ0) is 25.5. The maximum Gasteiger partial charge on any atom is 0.416 e. The molecule has 0 unspecified atom stereocenters. The summed E-state index contributed by atoms with van der Waals surface area (Å²) >= 11 is 0. The average Bonchev–Trinajstić information content (AvgIpc) is 2.66. The predicted octanol–water partition coefficient (Wildman–Crippen LogP) is 3.59. The van der Waals surface area contributed by atoms with Gasteiger partial charge in [0, 0.05) is 11.5 Å². The number of rotatable bonds is 5. The third-order valence-corrected chi connectivity index (χ3v) is 4.71. The summed E-state index contributed by atoms with van der Waals surface area (Å²) in [5.41, 5.74) is -5.64. The molecule has 0 spiro atoms. The molecule has 0 aliphatic heterocycles. The molecule has 182 valence electrons. The molecular weight excluding hydrogens is 498 g/mol. The molecule has 0 fully saturated rings. The molecule has 3 aromatic rings. The smallest absolute Gasteiger partial charge is 0.416 e. The van der Waals surface area contributed by atoms with E-state index >= 15 is 0 Å². The lowest BCUT2D eigenvalue weighted by molar-refractivity contribution is -0.142. The molecule has 0 saturated heterocycles. The number of amides is 1. The van der Waals surface area contributed by atoms with Gasteiger partial charge in [0.05, 0.1) is 17.5 Å². The third-order valence-electron chi connectivity index (χ3n) is 4.28. The molecule has 3 N–H and O–H groups in total. The van der Waals surface area contributed by atoms with Crippen LogP contribution in [0.25, 0.3) is 11.0 Å². The number of carbonyl (C=O) groups excluding carboxylic acids is 1. The Kier molecular flexibility index (Phi) is 6.36. The second-order valence-corrected chi connectivity index (χ2v) is 7.97. The van der Waals surface area contributed by atoms with Crippen LogP contribution in [0.5, 0.6) is 5.75 Å². The van der Waals surface area contributed by atoms with Crippen molar-refractivity contribution < 1.29 is 48.2 Å². The van der Waals surface area contributed by atoms with E-state index in [9.17, 15) is 44.3 Å². The zero-order valence-corrected chi connectivity index (χ0v) is 17.3. The Morgan fingerprint density at radius 3 is 2.26 bits per heavy atom. The lowest BCUT2D eigenvalue weighted by atomic mass is 10.00. The first kappa shape index (κ1) is 25.0. The minimum Gasteiger partial charge on any atom is -0.421 e. The number of nitrogens with two attached hydrogens (primary N) is 1. The fourth-order valence-electron chi connectivity index (χ4n) is 2.92. The quantitative estimate of drug-likeness (QED) is 0.399. The van der Waals surface area contributed by atoms with Crippen LogP contribution in [0.3, 0.4) is 0 Å². The van der Waals surface area contributed by atoms with E-state index in [-0.39, 0.29) is 34.9 Å². The van der Waals surface area contributed by atoms with E-state index in [1.807, 2.05) is 5.32 Å². The Bertz CT molecular complexity index is 1430. The predicted molar refractivity (Wildman–Crippen MR) is 105 cm³/mol. The Morgan fingerprint density at radius 2 is 1.68 bits per heavy atom. The fraction of sp³-hybridized carbons (Fsp3) is 0.158. The van der Waals surface area contributed by atoms with Crippen LogP contribution in [0.2, 0.25) is 0 Å². The number of hydrogen-bond donors (Lipinski definition) is 2. The molecule has 0 saturated carbocycles. The molecule has 1 heterocycles. The van der Waals surface area contributed by atoms with Crippen molar-refractivity contribution in [1.29, 1.82) is 0 Å². The summed E-state index contributed by atoms with van der Waals surface area (Å²) in [6, 6.07) is 5.10. The van der Waals surface area contributed by atoms with Crippen molar-refractivity contribution in [3.63, 3.8) is 0 Å². The van der Waals surface area contributed by atoms with E-state index in [0.717, 1.165) is 18.2 Å². The number of benzene rings is 2. The Hall–Kier alpha value is -3.59. The van der Waals surface area contributed by atoms with E-state index in [1.165, 1.54) is 6.07 Å². The van der Waals surface area contributed by atoms with Gasteiger partial charge in [-0.25, -0.2) is 4.79 Å². The number of alkyl halides is 6. The molecule has 2 aromatic carbocycles. The van der Waals surface area contributed by atoms with Crippen molar-refractivity contribution in [2.24, 2.45) is 5.14 Å². The third kappa shape index (κ3) is 6.05. The van der Waals surface area contributed by atoms with Crippen LogP contribution in [0, 0.1) is 0 Å². The van der Waals surface area contributed by atoms with Gasteiger partial charge in [-0.15, -0.1) is 0 Å². The molecule has 0 radical (unpaired) electrons. The number of fused-ring (bicyclic) bond motifs is 1. The van der Waals surface area contributed by atoms with Gasteiger partial charge in [0.1, 0.15) is 17.0 Å². The molecule has 0 atom stereocenters. The highest BCUT2D eigenvalue weighted by Gasteiger charge is 2.37. The monoisotopic (exact) mass is 510 g/mol. The van der Waals surface area contributed by atoms with Gasteiger partial charge < -0.3 is 13.9 Å². The first-order valence-electron chi connectivity index (χ1n) is 8.90. The standard InChI is InChI=1S/C19H12F6N2O6S/c20-18(21,22)11-2-4-13(19(23,24)25)10(5-11)7-16(28)27-14-6-9-1-3-12(33-34(26,30)31)8-15(9)32-17(14)29/h1-6,8H,7H2,(H,27,28)(H2,26,30,31). The molecule has 3 rings (SSSR count). The summed E-state index contributed by atoms with van der Waals surface area (Å²) in [6.45, 7) is 0. The largest absolute Gasteiger partial charge is 0.421 e. The van der Waals surface area contributed by atoms with E-state index in [0.29, 0.717) is 0 Å². The highest BCUT2D eigenvalue weighted by Crippen LogP contribution is 2.36. The average molecular weight is 510 g/mol. The highest BCUT2D eigenvalue weighted by molar-refractivity contribution is 7.84. The minimum atomic E-state index is -5.03. The van der Waals surface area contributed by atoms with Crippen LogP contribution in [0.4, 0.5) is 32.0 Å². The number of nitrogens with one attached hydrogen (secondary N) is 1. The molecule has 0 aliphatic carbocycles. The summed E-state index contributed by atoms with van der Waals surface area (Å²) in [5.74, 6) is -1.51. The van der Waals surface area contributed by atoms with Crippen molar-refractivity contribution >= 4 is 32.9 Å². The molecule has 34 heavy (non-hydrogen) atoms. The summed E-state index contributed by atoms with van der Waals surface area (Å²) < 4.78 is 110. The second kappa shape index (κ2) is 8.64. The van der Waals surface area contributed by atoms with Crippen molar-refractivity contribution in [1.82, 2.24) is 0 Å². The van der Waals surface area contributed by atoms with E-state index in [2.05, 4.69) is 4.18 Å². The SMILES string of the molecule is NS(=O)(=O)Oc1ccc2cc(NC(=O)Cc3cc(C(F)(F)F)ccc3C(F)(F)F)c(=O)oc2c1. The number of carbonyl (C=O) groups is 1. The first-order valence-corrected chi connectivity index (χ1v) is 10.4. The minimum absolute atomic E-state index is 0.145. The fourth-order valence-corrected chi connectivity index (χ4v) is 3.30. The molecule has 1 amide bonds. The molecular formula is C19H12F6N2O6S. The van der Waals surface area contributed by atoms with E-state index < -0.39 is 63.0 Å². The topological polar surface area (TPSA) is 129 Å². The molecule has 0 aliphatic rings. The lowest BCUT2D eigenvalue weighted by Gasteiger charge is -2.15. The highest BCUT2D eigenvalue weighted by atomic mass is 32.2. The summed E-state index contributed by atoms with van der Waals surface area (Å²) in [4.78, 5) is 24.4. The maximum absolute atomic E-state index is 13.2. The van der Waals surface area contributed by atoms with E-state index in [4.69, 9.17) is 9.56 Å². The maximum atomic E-state index is 13.2. The van der Waals surface area contributed by atoms with Crippen LogP contribution in [0.1, 0.15) is 16.7 Å². The zero-order valence-electron chi connectivity index (χ0n) is 16.5. The second-order valence-electron chi connectivity index (χ2n) is 6.82. The Balaban J connectivity index is 1.90. The van der Waals surface area contributed by atoms with Crippen LogP contribution in [0.15, 0.2) is 51.7 Å². The van der Waals surface area contributed by atoms with Crippen molar-refractivity contribution in [2.45, 2.75) is 18.8 Å². The van der Waals surface area contributed by atoms with E-state index in [1.54, 1.807) is 0 Å². The van der Waals surface area contributed by atoms with Gasteiger partial charge in [-0.2, -0.15) is 39.9 Å². The van der Waals surface area contributed by atoms with Gasteiger partial charge >= 0.3 is 28.3 Å². The van der Waals surface area contributed by atoms with Gasteiger partial charge in [-0.3, -0.25) is 4.79 Å². The molecule has 15 heteroatoms. The van der Waals surface area contributed by atoms with Crippen molar-refractivity contribution in [3.8, 4) is 5.75 Å². The van der Waals surface area contributed by atoms with Crippen LogP contribution in [-0.2, 0) is 33.9 Å². The summed E-state index contributed by atoms with van der Waals surface area (Å²) in [5, 5.41) is 6.88. The Labute approximate surface area is 186 Å². The number of hydrogen-bond acceptors (Lipinski definition) is 6. The van der Waals surface area contributed by atoms with Crippen LogP contribution in [-0.4, -0.2) is 14.3 Å². The van der Waals surface area contributed by atoms with Crippen molar-refractivity contribution in [2.75, 3.05) is 5.32 Å². The van der Waals surface area contributed by atoms with Crippen LogP contribution >= 0.6 is 0 Å². The van der Waals surface area contributed by atoms with Gasteiger partial charge in [-0.1, -0.05) is 0 Å². The number of halogens is 6. The van der Waals surface area contributed by atoms with Gasteiger partial charge in [0.25, 0.3) is 0 Å². The van der Waals surface area contributed by atoms with Crippen LogP contribution < -0.4 is 20.3 Å². The lowest BCUT2D eigenvalue weighted by Crippen LogP contribution is -2.22. The Morgan fingerprint density at radius 1 is 1.00 bits per heavy atom. The summed E-state index contributed by atoms with van der Waals surface area (Å²) in [7, 11) is -4.36. The molecule has 0 bridgehead atoms. The number of anilines is 1. The first-order chi connectivity index (χ1) is 15.5.